The maximum atomic E-state index is 13.1. The predicted octanol–water partition coefficient (Wildman–Crippen LogP) is 1.73. The Morgan fingerprint density at radius 2 is 2.00 bits per heavy atom. The summed E-state index contributed by atoms with van der Waals surface area (Å²) in [5.41, 5.74) is 0.0563. The van der Waals surface area contributed by atoms with Gasteiger partial charge in [0, 0.05) is 19.4 Å². The lowest BCUT2D eigenvalue weighted by Crippen LogP contribution is -2.38. The second-order valence-electron chi connectivity index (χ2n) is 4.98. The largest absolute Gasteiger partial charge is 0.396 e. The number of amides is 2. The van der Waals surface area contributed by atoms with Gasteiger partial charge >= 0.3 is 6.18 Å². The number of rotatable bonds is 4. The van der Waals surface area contributed by atoms with Crippen LogP contribution in [0.1, 0.15) is 24.3 Å². The van der Waals surface area contributed by atoms with E-state index in [-0.39, 0.29) is 24.4 Å². The van der Waals surface area contributed by atoms with Crippen molar-refractivity contribution in [3.63, 3.8) is 0 Å². The van der Waals surface area contributed by atoms with Gasteiger partial charge in [-0.1, -0.05) is 30.3 Å². The molecule has 114 valence electrons. The van der Waals surface area contributed by atoms with Gasteiger partial charge in [-0.25, -0.2) is 0 Å². The Labute approximate surface area is 119 Å². The highest BCUT2D eigenvalue weighted by atomic mass is 19.4. The highest BCUT2D eigenvalue weighted by Crippen LogP contribution is 2.37. The first-order chi connectivity index (χ1) is 9.86. The van der Waals surface area contributed by atoms with Gasteiger partial charge in [0.25, 0.3) is 0 Å². The van der Waals surface area contributed by atoms with E-state index in [9.17, 15) is 22.8 Å². The number of carbonyl (C=O) groups excluding carboxylic acids is 2. The van der Waals surface area contributed by atoms with E-state index in [0.29, 0.717) is 0 Å². The van der Waals surface area contributed by atoms with Gasteiger partial charge in [0.2, 0.25) is 11.8 Å². The van der Waals surface area contributed by atoms with Crippen LogP contribution >= 0.6 is 0 Å². The predicted molar refractivity (Wildman–Crippen MR) is 69.4 cm³/mol. The summed E-state index contributed by atoms with van der Waals surface area (Å²) < 4.78 is 39.3. The van der Waals surface area contributed by atoms with E-state index < -0.39 is 30.5 Å². The Balaban J connectivity index is 2.02. The number of halogens is 3. The number of hydrogen-bond donors (Lipinski definition) is 2. The molecular weight excluding hydrogens is 285 g/mol. The van der Waals surface area contributed by atoms with Crippen LogP contribution in [0.3, 0.4) is 0 Å². The number of carbonyl (C=O) groups is 2. The van der Waals surface area contributed by atoms with Crippen molar-refractivity contribution in [2.75, 3.05) is 6.54 Å². The van der Waals surface area contributed by atoms with Crippen LogP contribution in [0.25, 0.3) is 0 Å². The Morgan fingerprint density at radius 3 is 2.52 bits per heavy atom. The van der Waals surface area contributed by atoms with Crippen molar-refractivity contribution < 1.29 is 22.8 Å². The highest BCUT2D eigenvalue weighted by molar-refractivity contribution is 5.82. The summed E-state index contributed by atoms with van der Waals surface area (Å²) in [7, 11) is 0. The van der Waals surface area contributed by atoms with Crippen molar-refractivity contribution >= 4 is 11.8 Å². The molecule has 1 fully saturated rings. The van der Waals surface area contributed by atoms with Crippen LogP contribution in [-0.4, -0.2) is 30.6 Å². The molecule has 4 nitrogen and oxygen atoms in total. The van der Waals surface area contributed by atoms with Crippen LogP contribution in [0.15, 0.2) is 30.3 Å². The van der Waals surface area contributed by atoms with Gasteiger partial charge in [-0.05, 0) is 5.56 Å². The van der Waals surface area contributed by atoms with Gasteiger partial charge in [0.15, 0.2) is 0 Å². The fourth-order valence-corrected chi connectivity index (χ4v) is 2.29. The third-order valence-corrected chi connectivity index (χ3v) is 3.33. The Morgan fingerprint density at radius 1 is 1.33 bits per heavy atom. The third-order valence-electron chi connectivity index (χ3n) is 3.33. The molecular formula is C14H15F3N2O2. The van der Waals surface area contributed by atoms with E-state index in [4.69, 9.17) is 0 Å². The van der Waals surface area contributed by atoms with Crippen molar-refractivity contribution in [3.05, 3.63) is 35.9 Å². The fourth-order valence-electron chi connectivity index (χ4n) is 2.29. The molecule has 1 aromatic carbocycles. The van der Waals surface area contributed by atoms with Crippen LogP contribution < -0.4 is 10.6 Å². The topological polar surface area (TPSA) is 58.2 Å². The molecule has 0 aromatic heterocycles. The molecule has 7 heteroatoms. The molecule has 0 radical (unpaired) electrons. The molecule has 1 aliphatic rings. The van der Waals surface area contributed by atoms with Gasteiger partial charge in [-0.2, -0.15) is 13.2 Å². The number of benzene rings is 1. The monoisotopic (exact) mass is 300 g/mol. The second kappa shape index (κ2) is 6.15. The van der Waals surface area contributed by atoms with Gasteiger partial charge < -0.3 is 10.6 Å². The number of nitrogens with one attached hydrogen (secondary N) is 2. The lowest BCUT2D eigenvalue weighted by atomic mass is 9.94. The molecule has 2 amide bonds. The third kappa shape index (κ3) is 4.21. The maximum Gasteiger partial charge on any atom is 0.396 e. The summed E-state index contributed by atoms with van der Waals surface area (Å²) in [5.74, 6) is -2.76. The first-order valence-electron chi connectivity index (χ1n) is 6.54. The zero-order valence-corrected chi connectivity index (χ0v) is 11.1. The SMILES string of the molecule is O=C1C[C@H](NC(=O)C[C@H](c2ccccc2)C(F)(F)F)CN1. The number of hydrogen-bond acceptors (Lipinski definition) is 2. The first-order valence-corrected chi connectivity index (χ1v) is 6.54. The van der Waals surface area contributed by atoms with Crippen molar-refractivity contribution in [1.82, 2.24) is 10.6 Å². The summed E-state index contributed by atoms with van der Waals surface area (Å²) in [4.78, 5) is 22.8. The van der Waals surface area contributed by atoms with Crippen molar-refractivity contribution in [2.24, 2.45) is 0 Å². The summed E-state index contributed by atoms with van der Waals surface area (Å²) in [5, 5.41) is 4.97. The molecule has 0 spiro atoms. The molecule has 2 N–H and O–H groups in total. The van der Waals surface area contributed by atoms with E-state index in [1.54, 1.807) is 6.07 Å². The zero-order chi connectivity index (χ0) is 15.5. The van der Waals surface area contributed by atoms with Crippen LogP contribution in [0, 0.1) is 0 Å². The summed E-state index contributed by atoms with van der Waals surface area (Å²) in [6, 6.07) is 6.90. The standard InChI is InChI=1S/C14H15F3N2O2/c15-14(16,17)11(9-4-2-1-3-5-9)7-13(21)19-10-6-12(20)18-8-10/h1-5,10-11H,6-8H2,(H,18,20)(H,19,21)/t10-,11+/m0/s1. The molecule has 0 aliphatic carbocycles. The molecule has 1 aliphatic heterocycles. The normalized spacial score (nSPS) is 20.0. The van der Waals surface area contributed by atoms with Crippen LogP contribution in [0.2, 0.25) is 0 Å². The minimum Gasteiger partial charge on any atom is -0.354 e. The molecule has 0 saturated carbocycles. The maximum absolute atomic E-state index is 13.1. The minimum absolute atomic E-state index is 0.0563. The van der Waals surface area contributed by atoms with E-state index in [0.717, 1.165) is 0 Å². The average molecular weight is 300 g/mol. The van der Waals surface area contributed by atoms with Gasteiger partial charge in [-0.15, -0.1) is 0 Å². The highest BCUT2D eigenvalue weighted by Gasteiger charge is 2.42. The average Bonchev–Trinajstić information content (AvgIpc) is 2.81. The molecule has 2 rings (SSSR count). The van der Waals surface area contributed by atoms with E-state index in [2.05, 4.69) is 10.6 Å². The van der Waals surface area contributed by atoms with E-state index in [1.807, 2.05) is 0 Å². The van der Waals surface area contributed by atoms with Crippen molar-refractivity contribution in [2.45, 2.75) is 31.0 Å². The van der Waals surface area contributed by atoms with E-state index in [1.165, 1.54) is 24.3 Å². The van der Waals surface area contributed by atoms with Gasteiger partial charge in [-0.3, -0.25) is 9.59 Å². The van der Waals surface area contributed by atoms with Crippen LogP contribution in [-0.2, 0) is 9.59 Å². The van der Waals surface area contributed by atoms with Crippen LogP contribution in [0.5, 0.6) is 0 Å². The summed E-state index contributed by atoms with van der Waals surface area (Å²) in [6.07, 6.45) is -5.07. The molecule has 21 heavy (non-hydrogen) atoms. The zero-order valence-electron chi connectivity index (χ0n) is 11.1. The minimum atomic E-state index is -4.50. The molecule has 1 aromatic rings. The molecule has 2 atom stereocenters. The quantitative estimate of drug-likeness (QED) is 0.889. The fraction of sp³-hybridized carbons (Fsp3) is 0.429. The van der Waals surface area contributed by atoms with Crippen LogP contribution in [0.4, 0.5) is 13.2 Å². The smallest absolute Gasteiger partial charge is 0.354 e. The molecule has 0 bridgehead atoms. The second-order valence-corrected chi connectivity index (χ2v) is 4.98. The molecule has 1 heterocycles. The number of alkyl halides is 3. The lowest BCUT2D eigenvalue weighted by molar-refractivity contribution is -0.157. The molecule has 1 saturated heterocycles. The van der Waals surface area contributed by atoms with Gasteiger partial charge in [0.05, 0.1) is 12.0 Å². The Bertz CT molecular complexity index is 517. The van der Waals surface area contributed by atoms with Gasteiger partial charge in [0.1, 0.15) is 0 Å². The molecule has 0 unspecified atom stereocenters. The summed E-state index contributed by atoms with van der Waals surface area (Å²) in [6.45, 7) is 0.257. The first kappa shape index (κ1) is 15.3. The van der Waals surface area contributed by atoms with Crippen molar-refractivity contribution in [1.29, 1.82) is 0 Å². The Hall–Kier alpha value is -2.05. The van der Waals surface area contributed by atoms with Crippen molar-refractivity contribution in [3.8, 4) is 0 Å². The lowest BCUT2D eigenvalue weighted by Gasteiger charge is -2.21. The summed E-state index contributed by atoms with van der Waals surface area (Å²) >= 11 is 0. The van der Waals surface area contributed by atoms with E-state index >= 15 is 0 Å². The Kier molecular flexibility index (Phi) is 4.50.